The molecule has 0 aliphatic carbocycles. The van der Waals surface area contributed by atoms with E-state index in [-0.39, 0.29) is 39.1 Å². The SMILES string of the molecule is O=C(NC1CCS(=O)(=O)CC1)c1c(Cl)cccc1Cl. The molecule has 0 unspecified atom stereocenters. The number of hydrogen-bond donors (Lipinski definition) is 1. The lowest BCUT2D eigenvalue weighted by molar-refractivity contribution is 0.0934. The van der Waals surface area contributed by atoms with Gasteiger partial charge >= 0.3 is 0 Å². The van der Waals surface area contributed by atoms with Crippen molar-refractivity contribution in [3.8, 4) is 0 Å². The number of amides is 1. The third-order valence-electron chi connectivity index (χ3n) is 3.08. The molecule has 0 bridgehead atoms. The predicted octanol–water partition coefficient (Wildman–Crippen LogP) is 2.30. The lowest BCUT2D eigenvalue weighted by Gasteiger charge is -2.23. The summed E-state index contributed by atoms with van der Waals surface area (Å²) in [6.07, 6.45) is 0.853. The fourth-order valence-electron chi connectivity index (χ4n) is 2.01. The molecule has 0 radical (unpaired) electrons. The van der Waals surface area contributed by atoms with Gasteiger partial charge in [0, 0.05) is 6.04 Å². The molecular formula is C12H13Cl2NO3S. The van der Waals surface area contributed by atoms with E-state index in [1.807, 2.05) is 0 Å². The summed E-state index contributed by atoms with van der Waals surface area (Å²) in [4.78, 5) is 12.1. The zero-order valence-corrected chi connectivity index (χ0v) is 12.4. The van der Waals surface area contributed by atoms with Crippen molar-refractivity contribution in [2.75, 3.05) is 11.5 Å². The van der Waals surface area contributed by atoms with Crippen LogP contribution in [0.4, 0.5) is 0 Å². The summed E-state index contributed by atoms with van der Waals surface area (Å²) < 4.78 is 22.6. The Bertz CT molecular complexity index is 567. The van der Waals surface area contributed by atoms with Gasteiger partial charge in [0.25, 0.3) is 5.91 Å². The molecule has 1 aromatic rings. The molecule has 19 heavy (non-hydrogen) atoms. The standard InChI is InChI=1S/C12H13Cl2NO3S/c13-9-2-1-3-10(14)11(9)12(16)15-8-4-6-19(17,18)7-5-8/h1-3,8H,4-7H2,(H,15,16). The molecule has 1 aliphatic heterocycles. The number of hydrogen-bond acceptors (Lipinski definition) is 3. The Balaban J connectivity index is 2.06. The van der Waals surface area contributed by atoms with Gasteiger partial charge in [-0.05, 0) is 25.0 Å². The minimum atomic E-state index is -2.94. The van der Waals surface area contributed by atoms with Crippen LogP contribution in [-0.4, -0.2) is 31.9 Å². The van der Waals surface area contributed by atoms with E-state index in [4.69, 9.17) is 23.2 Å². The molecule has 0 spiro atoms. The van der Waals surface area contributed by atoms with Gasteiger partial charge in [0.05, 0.1) is 27.1 Å². The van der Waals surface area contributed by atoms with Gasteiger partial charge in [0.1, 0.15) is 9.84 Å². The van der Waals surface area contributed by atoms with Crippen molar-refractivity contribution >= 4 is 38.9 Å². The van der Waals surface area contributed by atoms with Crippen molar-refractivity contribution < 1.29 is 13.2 Å². The predicted molar refractivity (Wildman–Crippen MR) is 75.6 cm³/mol. The molecule has 0 atom stereocenters. The second kappa shape index (κ2) is 5.69. The summed E-state index contributed by atoms with van der Waals surface area (Å²) in [6, 6.07) is 4.69. The Kier molecular flexibility index (Phi) is 4.38. The van der Waals surface area contributed by atoms with Crippen LogP contribution in [0.15, 0.2) is 18.2 Å². The van der Waals surface area contributed by atoms with Gasteiger partial charge < -0.3 is 5.32 Å². The van der Waals surface area contributed by atoms with Gasteiger partial charge in [0.2, 0.25) is 0 Å². The first kappa shape index (κ1) is 14.6. The molecule has 0 saturated carbocycles. The first-order chi connectivity index (χ1) is 8.89. The fourth-order valence-corrected chi connectivity index (χ4v) is 4.07. The molecule has 1 aromatic carbocycles. The van der Waals surface area contributed by atoms with Gasteiger partial charge in [-0.2, -0.15) is 0 Å². The number of rotatable bonds is 2. The normalized spacial score (nSPS) is 19.1. The molecular weight excluding hydrogens is 309 g/mol. The van der Waals surface area contributed by atoms with E-state index in [0.717, 1.165) is 0 Å². The Hall–Kier alpha value is -0.780. The highest BCUT2D eigenvalue weighted by molar-refractivity contribution is 7.91. The molecule has 104 valence electrons. The van der Waals surface area contributed by atoms with Crippen molar-refractivity contribution in [1.82, 2.24) is 5.32 Å². The fraction of sp³-hybridized carbons (Fsp3) is 0.417. The topological polar surface area (TPSA) is 63.2 Å². The maximum atomic E-state index is 12.1. The Labute approximate surface area is 122 Å². The van der Waals surface area contributed by atoms with Crippen LogP contribution in [-0.2, 0) is 9.84 Å². The van der Waals surface area contributed by atoms with Crippen LogP contribution in [0, 0.1) is 0 Å². The number of carbonyl (C=O) groups is 1. The van der Waals surface area contributed by atoms with E-state index < -0.39 is 9.84 Å². The lowest BCUT2D eigenvalue weighted by atomic mass is 10.1. The van der Waals surface area contributed by atoms with Gasteiger partial charge in [-0.3, -0.25) is 4.79 Å². The van der Waals surface area contributed by atoms with Gasteiger partial charge in [-0.1, -0.05) is 29.3 Å². The Morgan fingerprint density at radius 1 is 1.16 bits per heavy atom. The van der Waals surface area contributed by atoms with E-state index in [0.29, 0.717) is 12.8 Å². The third-order valence-corrected chi connectivity index (χ3v) is 5.43. The van der Waals surface area contributed by atoms with Gasteiger partial charge in [-0.15, -0.1) is 0 Å². The van der Waals surface area contributed by atoms with E-state index in [9.17, 15) is 13.2 Å². The summed E-state index contributed by atoms with van der Waals surface area (Å²) in [5, 5.41) is 3.35. The highest BCUT2D eigenvalue weighted by atomic mass is 35.5. The zero-order chi connectivity index (χ0) is 14.0. The molecule has 0 aromatic heterocycles. The van der Waals surface area contributed by atoms with E-state index in [1.54, 1.807) is 18.2 Å². The Morgan fingerprint density at radius 3 is 2.21 bits per heavy atom. The average molecular weight is 322 g/mol. The van der Waals surface area contributed by atoms with Crippen LogP contribution in [0.1, 0.15) is 23.2 Å². The quantitative estimate of drug-likeness (QED) is 0.909. The van der Waals surface area contributed by atoms with Crippen molar-refractivity contribution in [1.29, 1.82) is 0 Å². The maximum Gasteiger partial charge on any atom is 0.254 e. The third kappa shape index (κ3) is 3.61. The molecule has 1 saturated heterocycles. The lowest BCUT2D eigenvalue weighted by Crippen LogP contribution is -2.41. The van der Waals surface area contributed by atoms with Crippen molar-refractivity contribution in [2.24, 2.45) is 0 Å². The first-order valence-electron chi connectivity index (χ1n) is 5.84. The monoisotopic (exact) mass is 321 g/mol. The maximum absolute atomic E-state index is 12.1. The molecule has 1 N–H and O–H groups in total. The van der Waals surface area contributed by atoms with Gasteiger partial charge in [-0.25, -0.2) is 8.42 Å². The van der Waals surface area contributed by atoms with Crippen molar-refractivity contribution in [3.05, 3.63) is 33.8 Å². The molecule has 1 aliphatic rings. The zero-order valence-electron chi connectivity index (χ0n) is 10.0. The summed E-state index contributed by atoms with van der Waals surface area (Å²) in [5.74, 6) is -0.150. The summed E-state index contributed by atoms with van der Waals surface area (Å²) in [7, 11) is -2.94. The number of halogens is 2. The summed E-state index contributed by atoms with van der Waals surface area (Å²) in [5.41, 5.74) is 0.235. The molecule has 2 rings (SSSR count). The minimum Gasteiger partial charge on any atom is -0.349 e. The van der Waals surface area contributed by atoms with E-state index >= 15 is 0 Å². The number of sulfone groups is 1. The number of carbonyl (C=O) groups excluding carboxylic acids is 1. The summed E-state index contributed by atoms with van der Waals surface area (Å²) in [6.45, 7) is 0. The van der Waals surface area contributed by atoms with Crippen LogP contribution < -0.4 is 5.32 Å². The van der Waals surface area contributed by atoms with Crippen molar-refractivity contribution in [3.63, 3.8) is 0 Å². The Morgan fingerprint density at radius 2 is 1.68 bits per heavy atom. The highest BCUT2D eigenvalue weighted by Gasteiger charge is 2.26. The highest BCUT2D eigenvalue weighted by Crippen LogP contribution is 2.24. The van der Waals surface area contributed by atoms with E-state index in [1.165, 1.54) is 0 Å². The van der Waals surface area contributed by atoms with Gasteiger partial charge in [0.15, 0.2) is 0 Å². The number of nitrogens with one attached hydrogen (secondary N) is 1. The van der Waals surface area contributed by atoms with Crippen LogP contribution in [0.3, 0.4) is 0 Å². The number of benzene rings is 1. The first-order valence-corrected chi connectivity index (χ1v) is 8.42. The largest absolute Gasteiger partial charge is 0.349 e. The average Bonchev–Trinajstić information content (AvgIpc) is 2.32. The van der Waals surface area contributed by atoms with Crippen LogP contribution in [0.25, 0.3) is 0 Å². The second-order valence-electron chi connectivity index (χ2n) is 4.50. The summed E-state index contributed by atoms with van der Waals surface area (Å²) >= 11 is 11.9. The molecule has 1 amide bonds. The molecule has 4 nitrogen and oxygen atoms in total. The minimum absolute atomic E-state index is 0.105. The van der Waals surface area contributed by atoms with E-state index in [2.05, 4.69) is 5.32 Å². The van der Waals surface area contributed by atoms with Crippen LogP contribution in [0.2, 0.25) is 10.0 Å². The van der Waals surface area contributed by atoms with Crippen LogP contribution in [0.5, 0.6) is 0 Å². The van der Waals surface area contributed by atoms with Crippen molar-refractivity contribution in [2.45, 2.75) is 18.9 Å². The second-order valence-corrected chi connectivity index (χ2v) is 7.61. The smallest absolute Gasteiger partial charge is 0.254 e. The molecule has 1 heterocycles. The molecule has 1 fully saturated rings. The molecule has 7 heteroatoms. The van der Waals surface area contributed by atoms with Crippen LogP contribution >= 0.6 is 23.2 Å².